The van der Waals surface area contributed by atoms with Crippen LogP contribution in [0, 0.1) is 10.1 Å². The Labute approximate surface area is 148 Å². The highest BCUT2D eigenvalue weighted by atomic mass is 79.9. The summed E-state index contributed by atoms with van der Waals surface area (Å²) in [5, 5.41) is 13.6. The summed E-state index contributed by atoms with van der Waals surface area (Å²) in [6.45, 7) is 0.0492. The second-order valence-electron chi connectivity index (χ2n) is 4.50. The number of hydrogen-bond acceptors (Lipinski definition) is 5. The van der Waals surface area contributed by atoms with Gasteiger partial charge in [-0.2, -0.15) is 0 Å². The first kappa shape index (κ1) is 17.5. The van der Waals surface area contributed by atoms with Crippen LogP contribution in [0.4, 0.5) is 4.79 Å². The molecule has 0 radical (unpaired) electrons. The molecule has 2 aromatic rings. The number of carbonyl (C=O) groups is 1. The molecular formula is C14H12Br2N2O5. The second kappa shape index (κ2) is 7.60. The Morgan fingerprint density at radius 3 is 2.57 bits per heavy atom. The number of alkyl halides is 2. The van der Waals surface area contributed by atoms with Gasteiger partial charge in [-0.3, -0.25) is 10.1 Å². The predicted molar refractivity (Wildman–Crippen MR) is 88.8 cm³/mol. The normalized spacial score (nSPS) is 12.4. The van der Waals surface area contributed by atoms with Gasteiger partial charge in [0.1, 0.15) is 12.4 Å². The third-order valence-electron chi connectivity index (χ3n) is 2.89. The molecule has 7 nitrogen and oxygen atoms in total. The van der Waals surface area contributed by atoms with Gasteiger partial charge in [0.25, 0.3) is 0 Å². The second-order valence-corrected chi connectivity index (χ2v) is 7.98. The lowest BCUT2D eigenvalue weighted by Gasteiger charge is -2.22. The fourth-order valence-electron chi connectivity index (χ4n) is 1.77. The molecular weight excluding hydrogens is 436 g/mol. The van der Waals surface area contributed by atoms with Gasteiger partial charge in [-0.15, -0.1) is 0 Å². The highest BCUT2D eigenvalue weighted by molar-refractivity contribution is 9.25. The molecule has 1 heterocycles. The van der Waals surface area contributed by atoms with Crippen molar-refractivity contribution in [1.29, 1.82) is 0 Å². The van der Waals surface area contributed by atoms with Crippen molar-refractivity contribution >= 4 is 38.0 Å². The van der Waals surface area contributed by atoms with Crippen LogP contribution in [0.1, 0.15) is 17.4 Å². The van der Waals surface area contributed by atoms with Crippen LogP contribution in [0.25, 0.3) is 0 Å². The number of hydrogen-bond donors (Lipinski definition) is 1. The Hall–Kier alpha value is -1.87. The SMILES string of the molecule is O=C(NC(c1ccco1)C(Br)(Br)[N+](=O)[O-])OCc1ccccc1. The topological polar surface area (TPSA) is 94.6 Å². The van der Waals surface area contributed by atoms with E-state index in [9.17, 15) is 14.9 Å². The molecule has 0 saturated heterocycles. The molecule has 0 fully saturated rings. The van der Waals surface area contributed by atoms with Crippen molar-refractivity contribution in [2.45, 2.75) is 16.0 Å². The molecule has 1 unspecified atom stereocenters. The maximum Gasteiger partial charge on any atom is 0.408 e. The predicted octanol–water partition coefficient (Wildman–Crippen LogP) is 3.97. The summed E-state index contributed by atoms with van der Waals surface area (Å²) in [7, 11) is 0. The zero-order valence-electron chi connectivity index (χ0n) is 11.6. The van der Waals surface area contributed by atoms with E-state index in [1.54, 1.807) is 18.2 Å². The summed E-state index contributed by atoms with van der Waals surface area (Å²) in [5.41, 5.74) is 0.801. The molecule has 9 heteroatoms. The Balaban J connectivity index is 2.06. The number of ether oxygens (including phenoxy) is 1. The van der Waals surface area contributed by atoms with E-state index in [2.05, 4.69) is 37.2 Å². The first-order valence-electron chi connectivity index (χ1n) is 6.44. The lowest BCUT2D eigenvalue weighted by atomic mass is 10.2. The van der Waals surface area contributed by atoms with Crippen LogP contribution in [-0.2, 0) is 11.3 Å². The Bertz CT molecular complexity index is 661. The number of nitro groups is 1. The number of halogens is 2. The highest BCUT2D eigenvalue weighted by Gasteiger charge is 2.49. The zero-order valence-corrected chi connectivity index (χ0v) is 14.8. The first-order chi connectivity index (χ1) is 10.9. The molecule has 0 saturated carbocycles. The van der Waals surface area contributed by atoms with Gasteiger partial charge in [-0.25, -0.2) is 4.79 Å². The van der Waals surface area contributed by atoms with Crippen molar-refractivity contribution in [3.8, 4) is 0 Å². The van der Waals surface area contributed by atoms with Crippen molar-refractivity contribution in [2.75, 3.05) is 0 Å². The van der Waals surface area contributed by atoms with Gasteiger partial charge in [0.05, 0.1) is 11.2 Å². The summed E-state index contributed by atoms with van der Waals surface area (Å²) in [5.74, 6) is 0.201. The number of carbonyl (C=O) groups excluding carboxylic acids is 1. The molecule has 23 heavy (non-hydrogen) atoms. The largest absolute Gasteiger partial charge is 0.467 e. The van der Waals surface area contributed by atoms with Gasteiger partial charge in [0, 0.05) is 31.9 Å². The zero-order chi connectivity index (χ0) is 16.9. The van der Waals surface area contributed by atoms with E-state index in [1.807, 2.05) is 18.2 Å². The Morgan fingerprint density at radius 2 is 2.00 bits per heavy atom. The molecule has 122 valence electrons. The molecule has 1 atom stereocenters. The van der Waals surface area contributed by atoms with Crippen LogP contribution in [0.5, 0.6) is 0 Å². The van der Waals surface area contributed by atoms with Crippen molar-refractivity contribution in [1.82, 2.24) is 5.32 Å². The van der Waals surface area contributed by atoms with Crippen LogP contribution in [0.2, 0.25) is 0 Å². The molecule has 2 rings (SSSR count). The number of benzene rings is 1. The van der Waals surface area contributed by atoms with Crippen LogP contribution >= 0.6 is 31.9 Å². The summed E-state index contributed by atoms with van der Waals surface area (Å²) < 4.78 is 8.41. The van der Waals surface area contributed by atoms with Crippen LogP contribution in [-0.4, -0.2) is 14.4 Å². The maximum atomic E-state index is 12.0. The van der Waals surface area contributed by atoms with Crippen molar-refractivity contribution in [3.05, 3.63) is 70.2 Å². The summed E-state index contributed by atoms with van der Waals surface area (Å²) in [6, 6.07) is 11.0. The van der Waals surface area contributed by atoms with Gasteiger partial charge in [0.15, 0.2) is 6.04 Å². The molecule has 0 spiro atoms. The molecule has 1 N–H and O–H groups in total. The number of nitrogens with zero attached hydrogens (tertiary/aromatic N) is 1. The molecule has 0 bridgehead atoms. The average Bonchev–Trinajstić information content (AvgIpc) is 3.05. The lowest BCUT2D eigenvalue weighted by Crippen LogP contribution is -2.43. The maximum absolute atomic E-state index is 12.0. The van der Waals surface area contributed by atoms with Gasteiger partial charge in [0.2, 0.25) is 0 Å². The molecule has 0 aliphatic rings. The molecule has 0 aliphatic heterocycles. The van der Waals surface area contributed by atoms with Crippen LogP contribution in [0.3, 0.4) is 0 Å². The first-order valence-corrected chi connectivity index (χ1v) is 8.03. The summed E-state index contributed by atoms with van der Waals surface area (Å²) in [4.78, 5) is 22.5. The molecule has 0 aliphatic carbocycles. The number of rotatable bonds is 6. The van der Waals surface area contributed by atoms with E-state index in [0.29, 0.717) is 0 Å². The molecule has 1 aromatic heterocycles. The van der Waals surface area contributed by atoms with Gasteiger partial charge < -0.3 is 14.5 Å². The van der Waals surface area contributed by atoms with Gasteiger partial charge in [-0.1, -0.05) is 30.3 Å². The van der Waals surface area contributed by atoms with E-state index < -0.39 is 20.4 Å². The fourth-order valence-corrected chi connectivity index (χ4v) is 2.45. The van der Waals surface area contributed by atoms with E-state index in [1.165, 1.54) is 12.3 Å². The van der Waals surface area contributed by atoms with Crippen molar-refractivity contribution < 1.29 is 18.9 Å². The lowest BCUT2D eigenvalue weighted by molar-refractivity contribution is -0.509. The van der Waals surface area contributed by atoms with Crippen LogP contribution in [0.15, 0.2) is 53.1 Å². The average molecular weight is 448 g/mol. The molecule has 1 aromatic carbocycles. The van der Waals surface area contributed by atoms with E-state index in [4.69, 9.17) is 9.15 Å². The smallest absolute Gasteiger partial charge is 0.408 e. The Morgan fingerprint density at radius 1 is 1.30 bits per heavy atom. The minimum Gasteiger partial charge on any atom is -0.467 e. The van der Waals surface area contributed by atoms with E-state index >= 15 is 0 Å². The standard InChI is InChI=1S/C14H12Br2N2O5/c15-14(16,18(20)21)12(11-7-4-8-22-11)17-13(19)23-9-10-5-2-1-3-6-10/h1-8,12H,9H2,(H,17,19). The van der Waals surface area contributed by atoms with Gasteiger partial charge in [-0.05, 0) is 17.7 Å². The summed E-state index contributed by atoms with van der Waals surface area (Å²) in [6.07, 6.45) is 0.551. The third-order valence-corrected chi connectivity index (χ3v) is 4.39. The number of nitrogens with one attached hydrogen (secondary N) is 1. The van der Waals surface area contributed by atoms with Crippen molar-refractivity contribution in [3.63, 3.8) is 0 Å². The molecule has 1 amide bonds. The minimum absolute atomic E-state index is 0.0492. The summed E-state index contributed by atoms with van der Waals surface area (Å²) >= 11 is 5.89. The quantitative estimate of drug-likeness (QED) is 0.313. The number of alkyl carbamates (subject to hydrolysis) is 1. The monoisotopic (exact) mass is 446 g/mol. The van der Waals surface area contributed by atoms with Crippen LogP contribution < -0.4 is 5.32 Å². The Kier molecular flexibility index (Phi) is 5.78. The minimum atomic E-state index is -1.83. The van der Waals surface area contributed by atoms with E-state index in [0.717, 1.165) is 5.56 Å². The highest BCUT2D eigenvalue weighted by Crippen LogP contribution is 2.40. The van der Waals surface area contributed by atoms with Gasteiger partial charge >= 0.3 is 9.45 Å². The fraction of sp³-hybridized carbons (Fsp3) is 0.214. The van der Waals surface area contributed by atoms with E-state index in [-0.39, 0.29) is 12.4 Å². The number of amides is 1. The number of furan rings is 1. The van der Waals surface area contributed by atoms with Crippen molar-refractivity contribution in [2.24, 2.45) is 0 Å². The third kappa shape index (κ3) is 4.55.